The molecule has 0 aromatic rings. The van der Waals surface area contributed by atoms with Gasteiger partial charge in [-0.2, -0.15) is 0 Å². The van der Waals surface area contributed by atoms with E-state index in [2.05, 4.69) is 5.32 Å². The van der Waals surface area contributed by atoms with E-state index >= 15 is 0 Å². The summed E-state index contributed by atoms with van der Waals surface area (Å²) in [4.78, 5) is 26.2. The van der Waals surface area contributed by atoms with Crippen molar-refractivity contribution in [2.45, 2.75) is 50.1 Å². The van der Waals surface area contributed by atoms with Gasteiger partial charge in [-0.15, -0.1) is 0 Å². The Labute approximate surface area is 125 Å². The first-order valence-corrected chi connectivity index (χ1v) is 8.05. The molecule has 2 amide bonds. The summed E-state index contributed by atoms with van der Waals surface area (Å²) in [6.07, 6.45) is 4.92. The molecule has 6 nitrogen and oxygen atoms in total. The van der Waals surface area contributed by atoms with Crippen molar-refractivity contribution in [2.75, 3.05) is 26.3 Å². The molecule has 3 fully saturated rings. The van der Waals surface area contributed by atoms with Crippen LogP contribution in [0.25, 0.3) is 0 Å². The van der Waals surface area contributed by atoms with Gasteiger partial charge < -0.3 is 20.7 Å². The molecule has 6 heteroatoms. The van der Waals surface area contributed by atoms with Crippen LogP contribution in [-0.4, -0.2) is 54.6 Å². The first-order chi connectivity index (χ1) is 10.1. The van der Waals surface area contributed by atoms with Gasteiger partial charge in [0.05, 0.1) is 5.54 Å². The average Bonchev–Trinajstić information content (AvgIpc) is 3.33. The second-order valence-corrected chi connectivity index (χ2v) is 6.62. The summed E-state index contributed by atoms with van der Waals surface area (Å²) in [6.45, 7) is 2.51. The molecule has 3 N–H and O–H groups in total. The zero-order valence-electron chi connectivity index (χ0n) is 12.5. The molecule has 0 unspecified atom stereocenters. The van der Waals surface area contributed by atoms with E-state index in [0.717, 1.165) is 25.7 Å². The number of ether oxygens (including phenoxy) is 1. The number of piperidine rings is 1. The van der Waals surface area contributed by atoms with Crippen LogP contribution in [0, 0.1) is 5.92 Å². The molecule has 118 valence electrons. The Morgan fingerprint density at radius 3 is 2.29 bits per heavy atom. The van der Waals surface area contributed by atoms with Crippen LogP contribution < -0.4 is 11.1 Å². The Hall–Kier alpha value is -1.14. The molecule has 0 atom stereocenters. The molecule has 2 saturated heterocycles. The maximum absolute atomic E-state index is 12.6. The van der Waals surface area contributed by atoms with Crippen LogP contribution in [0.5, 0.6) is 0 Å². The van der Waals surface area contributed by atoms with Gasteiger partial charge in [0.1, 0.15) is 0 Å². The minimum atomic E-state index is -0.748. The molecule has 1 aliphatic carbocycles. The fraction of sp³-hybridized carbons (Fsp3) is 0.867. The lowest BCUT2D eigenvalue weighted by Crippen LogP contribution is -2.60. The third kappa shape index (κ3) is 3.37. The largest absolute Gasteiger partial charge is 0.381 e. The van der Waals surface area contributed by atoms with E-state index < -0.39 is 5.54 Å². The number of hydrogen-bond acceptors (Lipinski definition) is 4. The molecule has 21 heavy (non-hydrogen) atoms. The summed E-state index contributed by atoms with van der Waals surface area (Å²) < 4.78 is 5.29. The third-order valence-electron chi connectivity index (χ3n) is 4.89. The van der Waals surface area contributed by atoms with Crippen molar-refractivity contribution >= 4 is 11.8 Å². The zero-order chi connectivity index (χ0) is 14.9. The number of carbonyl (C=O) groups excluding carboxylic acids is 2. The Morgan fingerprint density at radius 2 is 1.71 bits per heavy atom. The summed E-state index contributed by atoms with van der Waals surface area (Å²) in [7, 11) is 0. The number of hydrogen-bond donors (Lipinski definition) is 2. The highest BCUT2D eigenvalue weighted by Gasteiger charge is 2.40. The molecule has 1 saturated carbocycles. The Balaban J connectivity index is 1.48. The van der Waals surface area contributed by atoms with Crippen LogP contribution in [0.1, 0.15) is 38.5 Å². The van der Waals surface area contributed by atoms with Crippen LogP contribution in [0.2, 0.25) is 0 Å². The highest BCUT2D eigenvalue weighted by atomic mass is 16.5. The number of likely N-dealkylation sites (tertiary alicyclic amines) is 1. The third-order valence-corrected chi connectivity index (χ3v) is 4.89. The van der Waals surface area contributed by atoms with Gasteiger partial charge in [0.15, 0.2) is 0 Å². The zero-order valence-corrected chi connectivity index (χ0v) is 12.5. The highest BCUT2D eigenvalue weighted by molar-refractivity contribution is 5.86. The first kappa shape index (κ1) is 14.8. The normalized spacial score (nSPS) is 26.4. The van der Waals surface area contributed by atoms with Gasteiger partial charge in [-0.1, -0.05) is 0 Å². The average molecular weight is 295 g/mol. The number of rotatable bonds is 3. The fourth-order valence-corrected chi connectivity index (χ4v) is 3.16. The van der Waals surface area contributed by atoms with Crippen molar-refractivity contribution < 1.29 is 14.3 Å². The van der Waals surface area contributed by atoms with E-state index in [1.165, 1.54) is 0 Å². The van der Waals surface area contributed by atoms with Gasteiger partial charge >= 0.3 is 0 Å². The molecule has 3 rings (SSSR count). The summed E-state index contributed by atoms with van der Waals surface area (Å²) in [6, 6.07) is 0.213. The SMILES string of the molecule is NC1(C(=O)N2CCC(NC(=O)C3CC3)CC2)CCOCC1. The molecule has 0 bridgehead atoms. The quantitative estimate of drug-likeness (QED) is 0.768. The van der Waals surface area contributed by atoms with Crippen LogP contribution >= 0.6 is 0 Å². The van der Waals surface area contributed by atoms with Gasteiger partial charge in [0.2, 0.25) is 11.8 Å². The highest BCUT2D eigenvalue weighted by Crippen LogP contribution is 2.29. The number of nitrogens with two attached hydrogens (primary N) is 1. The Morgan fingerprint density at radius 1 is 1.10 bits per heavy atom. The molecule has 2 heterocycles. The Kier molecular flexibility index (Phi) is 4.17. The number of nitrogens with zero attached hydrogens (tertiary/aromatic N) is 1. The van der Waals surface area contributed by atoms with Gasteiger partial charge in [0.25, 0.3) is 0 Å². The van der Waals surface area contributed by atoms with Crippen LogP contribution in [0.4, 0.5) is 0 Å². The topological polar surface area (TPSA) is 84.7 Å². The van der Waals surface area contributed by atoms with Crippen molar-refractivity contribution in [3.8, 4) is 0 Å². The maximum Gasteiger partial charge on any atom is 0.242 e. The molecular weight excluding hydrogens is 270 g/mol. The van der Waals surface area contributed by atoms with Gasteiger partial charge in [0, 0.05) is 38.3 Å². The summed E-state index contributed by atoms with van der Waals surface area (Å²) in [5.41, 5.74) is 5.51. The van der Waals surface area contributed by atoms with E-state index in [0.29, 0.717) is 39.1 Å². The van der Waals surface area contributed by atoms with Gasteiger partial charge in [-0.3, -0.25) is 9.59 Å². The molecule has 0 aromatic carbocycles. The predicted molar refractivity (Wildman–Crippen MR) is 77.4 cm³/mol. The van der Waals surface area contributed by atoms with Crippen LogP contribution in [0.15, 0.2) is 0 Å². The smallest absolute Gasteiger partial charge is 0.242 e. The van der Waals surface area contributed by atoms with Crippen molar-refractivity contribution in [2.24, 2.45) is 11.7 Å². The summed E-state index contributed by atoms with van der Waals surface area (Å²) >= 11 is 0. The van der Waals surface area contributed by atoms with Crippen molar-refractivity contribution in [1.29, 1.82) is 0 Å². The van der Waals surface area contributed by atoms with Gasteiger partial charge in [-0.05, 0) is 38.5 Å². The van der Waals surface area contributed by atoms with E-state index in [9.17, 15) is 9.59 Å². The lowest BCUT2D eigenvalue weighted by Gasteiger charge is -2.40. The Bertz CT molecular complexity index is 408. The standard InChI is InChI=1S/C15H25N3O3/c16-15(5-9-21-10-6-15)14(20)18-7-3-12(4-8-18)17-13(19)11-1-2-11/h11-12H,1-10,16H2,(H,17,19). The van der Waals surface area contributed by atoms with E-state index in [1.807, 2.05) is 4.90 Å². The minimum Gasteiger partial charge on any atom is -0.381 e. The van der Waals surface area contributed by atoms with E-state index in [4.69, 9.17) is 10.5 Å². The van der Waals surface area contributed by atoms with E-state index in [-0.39, 0.29) is 23.8 Å². The van der Waals surface area contributed by atoms with Crippen LogP contribution in [0.3, 0.4) is 0 Å². The summed E-state index contributed by atoms with van der Waals surface area (Å²) in [5.74, 6) is 0.497. The molecular formula is C15H25N3O3. The minimum absolute atomic E-state index is 0.0535. The molecule has 0 aromatic heterocycles. The van der Waals surface area contributed by atoms with Crippen molar-refractivity contribution in [3.63, 3.8) is 0 Å². The number of amides is 2. The van der Waals surface area contributed by atoms with Gasteiger partial charge in [-0.25, -0.2) is 0 Å². The predicted octanol–water partition coefficient (Wildman–Crippen LogP) is 0.0115. The van der Waals surface area contributed by atoms with Crippen molar-refractivity contribution in [3.05, 3.63) is 0 Å². The lowest BCUT2D eigenvalue weighted by molar-refractivity contribution is -0.141. The maximum atomic E-state index is 12.6. The molecule has 0 spiro atoms. The van der Waals surface area contributed by atoms with E-state index in [1.54, 1.807) is 0 Å². The monoisotopic (exact) mass is 295 g/mol. The second-order valence-electron chi connectivity index (χ2n) is 6.62. The molecule has 0 radical (unpaired) electrons. The lowest BCUT2D eigenvalue weighted by atomic mass is 9.88. The molecule has 3 aliphatic rings. The molecule has 2 aliphatic heterocycles. The fourth-order valence-electron chi connectivity index (χ4n) is 3.16. The first-order valence-electron chi connectivity index (χ1n) is 8.05. The number of carbonyl (C=O) groups is 2. The number of nitrogens with one attached hydrogen (secondary N) is 1. The van der Waals surface area contributed by atoms with Crippen LogP contribution in [-0.2, 0) is 14.3 Å². The second kappa shape index (κ2) is 5.93. The summed E-state index contributed by atoms with van der Waals surface area (Å²) in [5, 5.41) is 3.10. The van der Waals surface area contributed by atoms with Crippen molar-refractivity contribution in [1.82, 2.24) is 10.2 Å².